The first-order chi connectivity index (χ1) is 11.7. The Morgan fingerprint density at radius 1 is 1.08 bits per heavy atom. The van der Waals surface area contributed by atoms with Crippen LogP contribution in [-0.4, -0.2) is 12.5 Å². The molecule has 2 rings (SSSR count). The Hall–Kier alpha value is -1.40. The summed E-state index contributed by atoms with van der Waals surface area (Å²) in [6.07, 6.45) is 3.47. The first-order valence-electron chi connectivity index (χ1n) is 8.53. The molecule has 0 radical (unpaired) electrons. The predicted octanol–water partition coefficient (Wildman–Crippen LogP) is 6.35. The van der Waals surface area contributed by atoms with Crippen molar-refractivity contribution in [3.63, 3.8) is 0 Å². The normalized spacial score (nSPS) is 21.6. The molecule has 142 valence electrons. The number of hydrogen-bond acceptors (Lipinski definition) is 1. The van der Waals surface area contributed by atoms with E-state index in [9.17, 15) is 26.3 Å². The molecule has 0 amide bonds. The number of ether oxygens (including phenoxy) is 1. The van der Waals surface area contributed by atoms with Crippen molar-refractivity contribution in [2.75, 3.05) is 0 Å². The molecule has 1 aromatic rings. The van der Waals surface area contributed by atoms with Crippen LogP contribution in [0.2, 0.25) is 0 Å². The van der Waals surface area contributed by atoms with Gasteiger partial charge in [0.25, 0.3) is 5.92 Å². The van der Waals surface area contributed by atoms with Crippen molar-refractivity contribution in [1.82, 2.24) is 0 Å². The largest absolute Gasteiger partial charge is 0.429 e. The quantitative estimate of drug-likeness (QED) is 0.510. The third kappa shape index (κ3) is 5.28. The molecule has 0 heterocycles. The van der Waals surface area contributed by atoms with Gasteiger partial charge in [0.15, 0.2) is 17.4 Å². The highest BCUT2D eigenvalue weighted by atomic mass is 19.3. The van der Waals surface area contributed by atoms with E-state index in [1.807, 2.05) is 0 Å². The second-order valence-corrected chi connectivity index (χ2v) is 6.71. The van der Waals surface area contributed by atoms with Gasteiger partial charge in [0.2, 0.25) is 0 Å². The summed E-state index contributed by atoms with van der Waals surface area (Å²) >= 11 is 0. The third-order valence-electron chi connectivity index (χ3n) is 4.85. The van der Waals surface area contributed by atoms with Crippen molar-refractivity contribution in [2.45, 2.75) is 64.4 Å². The van der Waals surface area contributed by atoms with E-state index in [0.29, 0.717) is 30.9 Å². The van der Waals surface area contributed by atoms with Gasteiger partial charge in [-0.25, -0.2) is 17.6 Å². The lowest BCUT2D eigenvalue weighted by atomic mass is 9.76. The topological polar surface area (TPSA) is 9.23 Å². The Kier molecular flexibility index (Phi) is 6.63. The third-order valence-corrected chi connectivity index (χ3v) is 4.85. The monoisotopic (exact) mass is 368 g/mol. The first kappa shape index (κ1) is 19.9. The van der Waals surface area contributed by atoms with E-state index in [1.165, 1.54) is 0 Å². The smallest absolute Gasteiger partial charge is 0.387 e. The van der Waals surface area contributed by atoms with Gasteiger partial charge in [0.1, 0.15) is 0 Å². The Morgan fingerprint density at radius 3 is 2.12 bits per heavy atom. The molecule has 0 atom stereocenters. The fourth-order valence-corrected chi connectivity index (χ4v) is 3.61. The summed E-state index contributed by atoms with van der Waals surface area (Å²) in [6, 6.07) is 1.27. The lowest BCUT2D eigenvalue weighted by molar-refractivity contribution is -0.0748. The van der Waals surface area contributed by atoms with Crippen LogP contribution in [0.15, 0.2) is 12.1 Å². The van der Waals surface area contributed by atoms with Crippen molar-refractivity contribution < 1.29 is 31.1 Å². The second-order valence-electron chi connectivity index (χ2n) is 6.71. The van der Waals surface area contributed by atoms with Crippen LogP contribution in [0.3, 0.4) is 0 Å². The van der Waals surface area contributed by atoms with Crippen LogP contribution in [-0.2, 0) is 6.42 Å². The fourth-order valence-electron chi connectivity index (χ4n) is 3.61. The average molecular weight is 368 g/mol. The zero-order valence-corrected chi connectivity index (χ0v) is 14.0. The standard InChI is InChI=1S/C18H22F6O/c1-2-3-11-4-6-13(7-5-11)18(23,24)10-12-8-14(19)16(15(20)9-12)25-17(21)22/h8-9,11,13,17H,2-7,10H2,1H3. The Bertz CT molecular complexity index is 544. The molecular formula is C18H22F6O. The highest BCUT2D eigenvalue weighted by molar-refractivity contribution is 5.32. The first-order valence-corrected chi connectivity index (χ1v) is 8.53. The lowest BCUT2D eigenvalue weighted by Gasteiger charge is -2.33. The van der Waals surface area contributed by atoms with Gasteiger partial charge >= 0.3 is 6.61 Å². The van der Waals surface area contributed by atoms with Crippen molar-refractivity contribution in [3.05, 3.63) is 29.3 Å². The summed E-state index contributed by atoms with van der Waals surface area (Å²) in [6.45, 7) is -1.33. The zero-order valence-electron chi connectivity index (χ0n) is 14.0. The van der Waals surface area contributed by atoms with Crippen molar-refractivity contribution in [3.8, 4) is 5.75 Å². The minimum atomic E-state index is -3.39. The molecule has 1 aliphatic carbocycles. The molecule has 1 fully saturated rings. The van der Waals surface area contributed by atoms with Crippen LogP contribution in [0.25, 0.3) is 0 Å². The van der Waals surface area contributed by atoms with Gasteiger partial charge in [-0.1, -0.05) is 19.8 Å². The maximum atomic E-state index is 14.5. The SMILES string of the molecule is CCCC1CCC(C(F)(F)Cc2cc(F)c(OC(F)F)c(F)c2)CC1. The summed E-state index contributed by atoms with van der Waals surface area (Å²) in [5.41, 5.74) is -0.266. The zero-order chi connectivity index (χ0) is 18.6. The Labute approximate surface area is 143 Å². The molecule has 7 heteroatoms. The summed E-state index contributed by atoms with van der Waals surface area (Å²) in [7, 11) is 0. The molecular weight excluding hydrogens is 346 g/mol. The van der Waals surface area contributed by atoms with E-state index in [0.717, 1.165) is 25.7 Å². The molecule has 25 heavy (non-hydrogen) atoms. The van der Waals surface area contributed by atoms with E-state index in [1.54, 1.807) is 0 Å². The molecule has 0 bridgehead atoms. The van der Waals surface area contributed by atoms with Crippen LogP contribution in [0.5, 0.6) is 5.75 Å². The molecule has 1 saturated carbocycles. The van der Waals surface area contributed by atoms with Gasteiger partial charge in [-0.3, -0.25) is 0 Å². The van der Waals surface area contributed by atoms with Gasteiger partial charge < -0.3 is 4.74 Å². The number of halogens is 6. The Balaban J connectivity index is 2.05. The second kappa shape index (κ2) is 8.32. The van der Waals surface area contributed by atoms with E-state index in [-0.39, 0.29) is 5.56 Å². The van der Waals surface area contributed by atoms with Gasteiger partial charge in [-0.2, -0.15) is 8.78 Å². The number of benzene rings is 1. The summed E-state index contributed by atoms with van der Waals surface area (Å²) in [5.74, 6) is -7.51. The van der Waals surface area contributed by atoms with Crippen LogP contribution >= 0.6 is 0 Å². The van der Waals surface area contributed by atoms with E-state index in [4.69, 9.17) is 0 Å². The van der Waals surface area contributed by atoms with Gasteiger partial charge in [0.05, 0.1) is 0 Å². The number of hydrogen-bond donors (Lipinski definition) is 0. The minimum absolute atomic E-state index is 0.266. The fraction of sp³-hybridized carbons (Fsp3) is 0.667. The highest BCUT2D eigenvalue weighted by Crippen LogP contribution is 2.42. The molecule has 0 N–H and O–H groups in total. The summed E-state index contributed by atoms with van der Waals surface area (Å²) in [5, 5.41) is 0. The maximum absolute atomic E-state index is 14.5. The van der Waals surface area contributed by atoms with Gasteiger partial charge in [-0.15, -0.1) is 0 Å². The van der Waals surface area contributed by atoms with E-state index >= 15 is 0 Å². The van der Waals surface area contributed by atoms with Crippen molar-refractivity contribution >= 4 is 0 Å². The minimum Gasteiger partial charge on any atom is -0.429 e. The highest BCUT2D eigenvalue weighted by Gasteiger charge is 2.41. The van der Waals surface area contributed by atoms with E-state index < -0.39 is 42.3 Å². The van der Waals surface area contributed by atoms with Crippen LogP contribution in [0.1, 0.15) is 51.0 Å². The maximum Gasteiger partial charge on any atom is 0.387 e. The van der Waals surface area contributed by atoms with Crippen molar-refractivity contribution in [1.29, 1.82) is 0 Å². The Morgan fingerprint density at radius 2 is 1.64 bits per heavy atom. The average Bonchev–Trinajstić information content (AvgIpc) is 2.51. The van der Waals surface area contributed by atoms with E-state index in [2.05, 4.69) is 11.7 Å². The number of alkyl halides is 4. The molecule has 1 aliphatic rings. The number of rotatable bonds is 7. The molecule has 0 spiro atoms. The molecule has 1 nitrogen and oxygen atoms in total. The van der Waals surface area contributed by atoms with Gasteiger partial charge in [0, 0.05) is 12.3 Å². The predicted molar refractivity (Wildman–Crippen MR) is 82.0 cm³/mol. The molecule has 0 aliphatic heterocycles. The van der Waals surface area contributed by atoms with Crippen LogP contribution < -0.4 is 4.74 Å². The van der Waals surface area contributed by atoms with Crippen LogP contribution in [0.4, 0.5) is 26.3 Å². The van der Waals surface area contributed by atoms with Crippen LogP contribution in [0, 0.1) is 23.5 Å². The molecule has 0 unspecified atom stereocenters. The lowest BCUT2D eigenvalue weighted by Crippen LogP contribution is -2.34. The summed E-state index contributed by atoms with van der Waals surface area (Å²) < 4.78 is 84.3. The molecule has 0 saturated heterocycles. The molecule has 1 aromatic carbocycles. The van der Waals surface area contributed by atoms with Crippen molar-refractivity contribution in [2.24, 2.45) is 11.8 Å². The summed E-state index contributed by atoms with van der Waals surface area (Å²) in [4.78, 5) is 0. The van der Waals surface area contributed by atoms with Gasteiger partial charge in [-0.05, 0) is 49.3 Å². The molecule has 0 aromatic heterocycles.